The molecule has 0 aliphatic rings. The lowest BCUT2D eigenvalue weighted by molar-refractivity contribution is 0.0605. The maximum Gasteiger partial charge on any atom is 0.350 e. The molecule has 7 nitrogen and oxygen atoms in total. The van der Waals surface area contributed by atoms with Crippen LogP contribution in [0.2, 0.25) is 0 Å². The van der Waals surface area contributed by atoms with E-state index in [9.17, 15) is 9.59 Å². The van der Waals surface area contributed by atoms with E-state index in [1.54, 1.807) is 14.0 Å². The number of thiazole rings is 1. The predicted octanol–water partition coefficient (Wildman–Crippen LogP) is 1.85. The summed E-state index contributed by atoms with van der Waals surface area (Å²) in [5, 5.41) is 4.36. The Morgan fingerprint density at radius 1 is 1.25 bits per heavy atom. The summed E-state index contributed by atoms with van der Waals surface area (Å²) in [4.78, 5) is 28.7. The smallest absolute Gasteiger partial charge is 0.350 e. The number of hydrogen-bond donors (Lipinski definition) is 0. The molecular formula is C16H15N3O4S. The molecule has 1 aromatic carbocycles. The molecular weight excluding hydrogens is 330 g/mol. The van der Waals surface area contributed by atoms with Gasteiger partial charge in [0.2, 0.25) is 4.96 Å². The Hall–Kier alpha value is -2.74. The molecule has 0 atom stereocenters. The Labute approximate surface area is 141 Å². The minimum absolute atomic E-state index is 0.315. The second kappa shape index (κ2) is 6.40. The third kappa shape index (κ3) is 2.88. The second-order valence-corrected chi connectivity index (χ2v) is 6.07. The van der Waals surface area contributed by atoms with Crippen molar-refractivity contribution >= 4 is 22.3 Å². The Morgan fingerprint density at radius 2 is 1.96 bits per heavy atom. The van der Waals surface area contributed by atoms with Gasteiger partial charge < -0.3 is 9.47 Å². The highest BCUT2D eigenvalue weighted by Gasteiger charge is 2.19. The number of carbonyl (C=O) groups is 1. The van der Waals surface area contributed by atoms with Gasteiger partial charge in [-0.05, 0) is 24.6 Å². The predicted molar refractivity (Wildman–Crippen MR) is 89.0 cm³/mol. The normalized spacial score (nSPS) is 10.8. The van der Waals surface area contributed by atoms with Crippen molar-refractivity contribution in [3.8, 4) is 5.75 Å². The minimum atomic E-state index is -0.464. The van der Waals surface area contributed by atoms with E-state index in [-0.39, 0.29) is 0 Å². The van der Waals surface area contributed by atoms with Crippen molar-refractivity contribution in [2.24, 2.45) is 0 Å². The fraction of sp³-hybridized carbons (Fsp3) is 0.250. The number of carbonyl (C=O) groups excluding carboxylic acids is 1. The van der Waals surface area contributed by atoms with Crippen LogP contribution in [0.1, 0.15) is 26.6 Å². The van der Waals surface area contributed by atoms with Gasteiger partial charge in [0.15, 0.2) is 0 Å². The van der Waals surface area contributed by atoms with E-state index in [0.717, 1.165) is 22.6 Å². The zero-order valence-electron chi connectivity index (χ0n) is 13.4. The van der Waals surface area contributed by atoms with Gasteiger partial charge in [-0.3, -0.25) is 4.79 Å². The first-order valence-electron chi connectivity index (χ1n) is 7.14. The molecule has 0 aliphatic heterocycles. The lowest BCUT2D eigenvalue weighted by Crippen LogP contribution is -2.18. The van der Waals surface area contributed by atoms with Crippen LogP contribution in [0.5, 0.6) is 5.75 Å². The molecule has 2 aromatic heterocycles. The first kappa shape index (κ1) is 16.1. The topological polar surface area (TPSA) is 82.8 Å². The molecule has 2 heterocycles. The monoisotopic (exact) mass is 345 g/mol. The number of rotatable bonds is 4. The van der Waals surface area contributed by atoms with Gasteiger partial charge in [0.05, 0.1) is 19.9 Å². The SMILES string of the molecule is COC(=O)c1sc2nc(=O)c(Cc3ccc(OC)cc3)nn2c1C. The average Bonchev–Trinajstić information content (AvgIpc) is 2.91. The summed E-state index contributed by atoms with van der Waals surface area (Å²) in [5.41, 5.74) is 1.44. The Kier molecular flexibility index (Phi) is 4.30. The summed E-state index contributed by atoms with van der Waals surface area (Å²) in [6, 6.07) is 7.39. The molecule has 0 fully saturated rings. The van der Waals surface area contributed by atoms with E-state index >= 15 is 0 Å². The Balaban J connectivity index is 2.01. The summed E-state index contributed by atoms with van der Waals surface area (Å²) in [7, 11) is 2.91. The van der Waals surface area contributed by atoms with E-state index in [2.05, 4.69) is 10.1 Å². The van der Waals surface area contributed by atoms with Gasteiger partial charge in [0.1, 0.15) is 16.3 Å². The van der Waals surface area contributed by atoms with Crippen LogP contribution in [-0.2, 0) is 11.2 Å². The molecule has 0 saturated carbocycles. The molecule has 24 heavy (non-hydrogen) atoms. The summed E-state index contributed by atoms with van der Waals surface area (Å²) < 4.78 is 11.4. The van der Waals surface area contributed by atoms with Crippen LogP contribution in [-0.4, -0.2) is 34.8 Å². The summed E-state index contributed by atoms with van der Waals surface area (Å²) in [5.74, 6) is 0.280. The molecule has 0 N–H and O–H groups in total. The van der Waals surface area contributed by atoms with E-state index in [4.69, 9.17) is 9.47 Å². The number of nitrogens with zero attached hydrogens (tertiary/aromatic N) is 3. The second-order valence-electron chi connectivity index (χ2n) is 5.09. The van der Waals surface area contributed by atoms with Gasteiger partial charge in [0, 0.05) is 6.42 Å². The zero-order valence-corrected chi connectivity index (χ0v) is 14.2. The quantitative estimate of drug-likeness (QED) is 0.671. The van der Waals surface area contributed by atoms with Crippen molar-refractivity contribution in [3.63, 3.8) is 0 Å². The standard InChI is InChI=1S/C16H15N3O4S/c1-9-13(15(21)23-3)24-16-17-14(20)12(18-19(9)16)8-10-4-6-11(22-2)7-5-10/h4-7H,8H2,1-3H3. The van der Waals surface area contributed by atoms with E-state index < -0.39 is 11.5 Å². The number of hydrogen-bond acceptors (Lipinski definition) is 7. The molecule has 0 unspecified atom stereocenters. The highest BCUT2D eigenvalue weighted by atomic mass is 32.1. The molecule has 0 amide bonds. The Morgan fingerprint density at radius 3 is 2.58 bits per heavy atom. The van der Waals surface area contributed by atoms with Crippen molar-refractivity contribution in [2.45, 2.75) is 13.3 Å². The molecule has 8 heteroatoms. The molecule has 0 aliphatic carbocycles. The molecule has 0 radical (unpaired) electrons. The van der Waals surface area contributed by atoms with Gasteiger partial charge in [-0.15, -0.1) is 0 Å². The molecule has 0 saturated heterocycles. The summed E-state index contributed by atoms with van der Waals surface area (Å²) in [6.45, 7) is 1.74. The summed E-state index contributed by atoms with van der Waals surface area (Å²) >= 11 is 1.09. The molecule has 124 valence electrons. The van der Waals surface area contributed by atoms with Crippen LogP contribution in [0.25, 0.3) is 4.96 Å². The number of ether oxygens (including phenoxy) is 2. The van der Waals surface area contributed by atoms with Gasteiger partial charge >= 0.3 is 5.97 Å². The fourth-order valence-corrected chi connectivity index (χ4v) is 3.26. The lowest BCUT2D eigenvalue weighted by Gasteiger charge is -2.03. The number of aromatic nitrogens is 3. The lowest BCUT2D eigenvalue weighted by atomic mass is 10.1. The van der Waals surface area contributed by atoms with Gasteiger partial charge in [-0.2, -0.15) is 10.1 Å². The Bertz CT molecular complexity index is 960. The van der Waals surface area contributed by atoms with Crippen molar-refractivity contribution in [3.05, 3.63) is 56.4 Å². The number of aryl methyl sites for hydroxylation is 1. The maximum atomic E-state index is 12.2. The zero-order chi connectivity index (χ0) is 17.3. The number of methoxy groups -OCH3 is 2. The van der Waals surface area contributed by atoms with Crippen LogP contribution in [0, 0.1) is 6.92 Å². The number of fused-ring (bicyclic) bond motifs is 1. The highest BCUT2D eigenvalue weighted by molar-refractivity contribution is 7.18. The van der Waals surface area contributed by atoms with E-state index in [0.29, 0.717) is 27.6 Å². The number of esters is 1. The van der Waals surface area contributed by atoms with E-state index in [1.165, 1.54) is 11.6 Å². The number of benzene rings is 1. The van der Waals surface area contributed by atoms with Gasteiger partial charge in [-0.1, -0.05) is 23.5 Å². The van der Waals surface area contributed by atoms with Gasteiger partial charge in [0.25, 0.3) is 5.56 Å². The first-order valence-corrected chi connectivity index (χ1v) is 7.95. The van der Waals surface area contributed by atoms with E-state index in [1.807, 2.05) is 24.3 Å². The van der Waals surface area contributed by atoms with Crippen molar-refractivity contribution < 1.29 is 14.3 Å². The van der Waals surface area contributed by atoms with Gasteiger partial charge in [-0.25, -0.2) is 9.31 Å². The molecule has 0 bridgehead atoms. The molecule has 0 spiro atoms. The third-order valence-electron chi connectivity index (χ3n) is 3.59. The average molecular weight is 345 g/mol. The van der Waals surface area contributed by atoms with Crippen LogP contribution >= 0.6 is 11.3 Å². The largest absolute Gasteiger partial charge is 0.497 e. The fourth-order valence-electron chi connectivity index (χ4n) is 2.28. The summed E-state index contributed by atoms with van der Waals surface area (Å²) in [6.07, 6.45) is 0.349. The molecule has 3 rings (SSSR count). The third-order valence-corrected chi connectivity index (χ3v) is 4.70. The van der Waals surface area contributed by atoms with Crippen molar-refractivity contribution in [2.75, 3.05) is 14.2 Å². The van der Waals surface area contributed by atoms with Crippen LogP contribution in [0.4, 0.5) is 0 Å². The van der Waals surface area contributed by atoms with Crippen molar-refractivity contribution in [1.29, 1.82) is 0 Å². The van der Waals surface area contributed by atoms with Crippen LogP contribution in [0.3, 0.4) is 0 Å². The molecule has 3 aromatic rings. The minimum Gasteiger partial charge on any atom is -0.497 e. The highest BCUT2D eigenvalue weighted by Crippen LogP contribution is 2.21. The first-order chi connectivity index (χ1) is 11.5. The van der Waals surface area contributed by atoms with Crippen LogP contribution in [0.15, 0.2) is 29.1 Å². The van der Waals surface area contributed by atoms with Crippen LogP contribution < -0.4 is 10.3 Å². The maximum absolute atomic E-state index is 12.2. The van der Waals surface area contributed by atoms with Crippen molar-refractivity contribution in [1.82, 2.24) is 14.6 Å².